The molecule has 0 bridgehead atoms. The highest BCUT2D eigenvalue weighted by atomic mass is 32.3. The van der Waals surface area contributed by atoms with E-state index in [9.17, 15) is 19.2 Å². The smallest absolute Gasteiger partial charge is 0.394 e. The summed E-state index contributed by atoms with van der Waals surface area (Å²) in [4.78, 5) is 47.5. The summed E-state index contributed by atoms with van der Waals surface area (Å²) in [5.41, 5.74) is 0. The predicted octanol–water partition coefficient (Wildman–Crippen LogP) is -4.50. The first-order valence-electron chi connectivity index (χ1n) is 5.67. The third kappa shape index (κ3) is 44.9. The van der Waals surface area contributed by atoms with Gasteiger partial charge >= 0.3 is 34.3 Å². The zero-order chi connectivity index (χ0) is 20.5. The van der Waals surface area contributed by atoms with E-state index in [0.717, 1.165) is 0 Å². The van der Waals surface area contributed by atoms with Gasteiger partial charge in [-0.05, 0) is 0 Å². The Kier molecular flexibility index (Phi) is 18.1. The van der Waals surface area contributed by atoms with Crippen molar-refractivity contribution in [3.05, 3.63) is 0 Å². The predicted molar refractivity (Wildman–Crippen MR) is 75.7 cm³/mol. The molecule has 0 aromatic heterocycles. The fraction of sp³-hybridized carbons (Fsp3) is 0.500. The lowest BCUT2D eigenvalue weighted by atomic mass is 10.6. The summed E-state index contributed by atoms with van der Waals surface area (Å²) in [7, 11) is -4.67. The summed E-state index contributed by atoms with van der Waals surface area (Å²) in [5, 5.41) is 20.7. The van der Waals surface area contributed by atoms with E-state index in [-0.39, 0.29) is 26.2 Å². The van der Waals surface area contributed by atoms with Gasteiger partial charge in [-0.3, -0.25) is 29.3 Å². The standard InChI is InChI=1S/2C4H8N2O4.H2O4S/c2*5-10-4(9)2-6-1-3(7)8;1-5(2,3)4/h2*6H,1-2,5H2,(H,7,8);(H2,1,2,3,4). The second-order valence-corrected chi connectivity index (χ2v) is 4.32. The number of carbonyl (C=O) groups is 4. The van der Waals surface area contributed by atoms with Crippen molar-refractivity contribution in [1.29, 1.82) is 0 Å². The van der Waals surface area contributed by atoms with E-state index in [1.807, 2.05) is 0 Å². The quantitative estimate of drug-likeness (QED) is 0.142. The fourth-order valence-corrected chi connectivity index (χ4v) is 0.626. The second-order valence-electron chi connectivity index (χ2n) is 3.42. The summed E-state index contributed by atoms with van der Waals surface area (Å²) in [6.45, 7) is -0.949. The first kappa shape index (κ1) is 27.4. The molecular weight excluding hydrogens is 376 g/mol. The SMILES string of the molecule is NOC(=O)CNCC(=O)O.NOC(=O)CNCC(=O)O.O=S(=O)(O)O. The minimum atomic E-state index is -4.67. The summed E-state index contributed by atoms with van der Waals surface area (Å²) in [5.74, 6) is 5.44. The maximum Gasteiger partial charge on any atom is 0.394 e. The van der Waals surface area contributed by atoms with Crippen molar-refractivity contribution >= 4 is 34.3 Å². The zero-order valence-corrected chi connectivity index (χ0v) is 13.3. The average molecular weight is 394 g/mol. The summed E-state index contributed by atoms with van der Waals surface area (Å²) < 4.78 is 31.6. The molecule has 25 heavy (non-hydrogen) atoms. The van der Waals surface area contributed by atoms with Crippen LogP contribution in [0.4, 0.5) is 0 Å². The van der Waals surface area contributed by atoms with Crippen molar-refractivity contribution < 1.29 is 56.6 Å². The Labute approximate surface area is 140 Å². The van der Waals surface area contributed by atoms with Crippen LogP contribution in [0.1, 0.15) is 0 Å². The third-order valence-corrected chi connectivity index (χ3v) is 1.35. The van der Waals surface area contributed by atoms with E-state index in [1.165, 1.54) is 0 Å². The molecule has 0 aliphatic heterocycles. The van der Waals surface area contributed by atoms with E-state index in [0.29, 0.717) is 0 Å². The molecule has 0 amide bonds. The van der Waals surface area contributed by atoms with Gasteiger partial charge in [-0.2, -0.15) is 20.2 Å². The Morgan fingerprint density at radius 3 is 1.16 bits per heavy atom. The Bertz CT molecular complexity index is 481. The monoisotopic (exact) mass is 394 g/mol. The van der Waals surface area contributed by atoms with E-state index in [2.05, 4.69) is 32.1 Å². The first-order valence-corrected chi connectivity index (χ1v) is 7.07. The lowest BCUT2D eigenvalue weighted by molar-refractivity contribution is -0.144. The molecule has 0 aromatic rings. The molecule has 0 aliphatic rings. The van der Waals surface area contributed by atoms with Gasteiger partial charge in [0.2, 0.25) is 0 Å². The number of aliphatic carboxylic acids is 2. The number of carboxylic acid groups (broad SMARTS) is 2. The average Bonchev–Trinajstić information content (AvgIpc) is 2.45. The van der Waals surface area contributed by atoms with Crippen LogP contribution in [-0.2, 0) is 39.3 Å². The number of rotatable bonds is 8. The van der Waals surface area contributed by atoms with Gasteiger partial charge in [0.05, 0.1) is 26.2 Å². The van der Waals surface area contributed by atoms with Crippen LogP contribution in [0.2, 0.25) is 0 Å². The zero-order valence-electron chi connectivity index (χ0n) is 12.4. The van der Waals surface area contributed by atoms with Crippen molar-refractivity contribution in [3.63, 3.8) is 0 Å². The van der Waals surface area contributed by atoms with Crippen molar-refractivity contribution in [2.75, 3.05) is 26.2 Å². The van der Waals surface area contributed by atoms with Crippen LogP contribution < -0.4 is 22.4 Å². The molecule has 0 aromatic carbocycles. The first-order chi connectivity index (χ1) is 11.3. The van der Waals surface area contributed by atoms with Crippen LogP contribution in [0, 0.1) is 0 Å². The van der Waals surface area contributed by atoms with Gasteiger partial charge in [-0.1, -0.05) is 0 Å². The number of nitrogens with one attached hydrogen (secondary N) is 2. The van der Waals surface area contributed by atoms with Gasteiger partial charge in [0.25, 0.3) is 0 Å². The molecular formula is C8H18N4O12S. The molecule has 17 heteroatoms. The van der Waals surface area contributed by atoms with Gasteiger partial charge in [0, 0.05) is 0 Å². The number of carboxylic acids is 2. The molecule has 16 nitrogen and oxygen atoms in total. The lowest BCUT2D eigenvalue weighted by Gasteiger charge is -1.97. The Balaban J connectivity index is -0.000000308. The van der Waals surface area contributed by atoms with Gasteiger partial charge in [0.15, 0.2) is 0 Å². The minimum Gasteiger partial charge on any atom is -0.480 e. The third-order valence-electron chi connectivity index (χ3n) is 1.35. The molecule has 0 aliphatic carbocycles. The summed E-state index contributed by atoms with van der Waals surface area (Å²) >= 11 is 0. The number of hydrogen-bond donors (Lipinski definition) is 8. The van der Waals surface area contributed by atoms with Gasteiger partial charge in [-0.25, -0.2) is 9.59 Å². The van der Waals surface area contributed by atoms with Crippen LogP contribution in [0.25, 0.3) is 0 Å². The maximum atomic E-state index is 10.2. The molecule has 0 saturated carbocycles. The van der Waals surface area contributed by atoms with E-state index < -0.39 is 34.3 Å². The maximum absolute atomic E-state index is 10.2. The fourth-order valence-electron chi connectivity index (χ4n) is 0.626. The minimum absolute atomic E-state index is 0.192. The lowest BCUT2D eigenvalue weighted by Crippen LogP contribution is -2.30. The van der Waals surface area contributed by atoms with E-state index in [4.69, 9.17) is 27.7 Å². The van der Waals surface area contributed by atoms with Crippen LogP contribution in [0.5, 0.6) is 0 Å². The topological polar surface area (TPSA) is 278 Å². The normalized spacial score (nSPS) is 9.44. The van der Waals surface area contributed by atoms with Crippen molar-refractivity contribution in [2.24, 2.45) is 11.8 Å². The van der Waals surface area contributed by atoms with E-state index in [1.54, 1.807) is 0 Å². The van der Waals surface area contributed by atoms with Crippen LogP contribution in [-0.4, -0.2) is 77.8 Å². The molecule has 0 heterocycles. The van der Waals surface area contributed by atoms with Crippen LogP contribution in [0.15, 0.2) is 0 Å². The molecule has 0 radical (unpaired) electrons. The van der Waals surface area contributed by atoms with Crippen LogP contribution in [0.3, 0.4) is 0 Å². The van der Waals surface area contributed by atoms with Gasteiger partial charge < -0.3 is 19.9 Å². The molecule has 0 spiro atoms. The van der Waals surface area contributed by atoms with Crippen LogP contribution >= 0.6 is 0 Å². The Morgan fingerprint density at radius 1 is 0.760 bits per heavy atom. The molecule has 0 saturated heterocycles. The summed E-state index contributed by atoms with van der Waals surface area (Å²) in [6.07, 6.45) is 0. The highest BCUT2D eigenvalue weighted by Gasteiger charge is 2.01. The highest BCUT2D eigenvalue weighted by Crippen LogP contribution is 1.66. The van der Waals surface area contributed by atoms with Crippen molar-refractivity contribution in [3.8, 4) is 0 Å². The van der Waals surface area contributed by atoms with Crippen molar-refractivity contribution in [1.82, 2.24) is 10.6 Å². The molecule has 0 atom stereocenters. The Hall–Kier alpha value is -2.41. The molecule has 0 unspecified atom stereocenters. The largest absolute Gasteiger partial charge is 0.480 e. The Morgan fingerprint density at radius 2 is 1.00 bits per heavy atom. The summed E-state index contributed by atoms with van der Waals surface area (Å²) in [6, 6.07) is 0. The highest BCUT2D eigenvalue weighted by molar-refractivity contribution is 7.79. The van der Waals surface area contributed by atoms with Crippen molar-refractivity contribution in [2.45, 2.75) is 0 Å². The molecule has 148 valence electrons. The second kappa shape index (κ2) is 16.4. The molecule has 10 N–H and O–H groups in total. The molecule has 0 fully saturated rings. The number of hydrogen-bond acceptors (Lipinski definition) is 12. The molecule has 0 rings (SSSR count). The van der Waals surface area contributed by atoms with Gasteiger partial charge in [-0.15, -0.1) is 0 Å². The van der Waals surface area contributed by atoms with Gasteiger partial charge in [0.1, 0.15) is 0 Å². The number of nitrogens with two attached hydrogens (primary N) is 2. The number of carbonyl (C=O) groups excluding carboxylic acids is 2. The van der Waals surface area contributed by atoms with E-state index >= 15 is 0 Å².